The van der Waals surface area contributed by atoms with Gasteiger partial charge in [0.1, 0.15) is 18.0 Å². The Morgan fingerprint density at radius 1 is 0.773 bits per heavy atom. The molecule has 0 aliphatic carbocycles. The zero-order valence-corrected chi connectivity index (χ0v) is 11.7. The van der Waals surface area contributed by atoms with Crippen molar-refractivity contribution in [3.63, 3.8) is 0 Å². The third-order valence-electron chi connectivity index (χ3n) is 3.00. The van der Waals surface area contributed by atoms with Crippen LogP contribution in [0.25, 0.3) is 0 Å². The second-order valence-corrected chi connectivity index (χ2v) is 4.59. The van der Waals surface area contributed by atoms with Crippen molar-refractivity contribution in [3.8, 4) is 6.07 Å². The number of nitrogens with zero attached hydrogens (tertiary/aromatic N) is 3. The quantitative estimate of drug-likeness (QED) is 0.762. The fourth-order valence-electron chi connectivity index (χ4n) is 1.94. The van der Waals surface area contributed by atoms with Crippen molar-refractivity contribution >= 4 is 23.0 Å². The van der Waals surface area contributed by atoms with E-state index >= 15 is 0 Å². The standard InChI is InChI=1S/C17H13N5/c18-11-13-6-8-15(9-7-13)22-17-10-16(19-12-20-17)21-14-4-2-1-3-5-14/h1-10,12H,(H2,19,20,21,22). The lowest BCUT2D eigenvalue weighted by molar-refractivity contribution is 1.17. The van der Waals surface area contributed by atoms with E-state index in [4.69, 9.17) is 5.26 Å². The largest absolute Gasteiger partial charge is 0.340 e. The average molecular weight is 287 g/mol. The van der Waals surface area contributed by atoms with E-state index in [0.717, 1.165) is 11.4 Å². The van der Waals surface area contributed by atoms with Gasteiger partial charge in [-0.05, 0) is 36.4 Å². The van der Waals surface area contributed by atoms with E-state index < -0.39 is 0 Å². The Kier molecular flexibility index (Phi) is 3.94. The van der Waals surface area contributed by atoms with Crippen molar-refractivity contribution in [2.24, 2.45) is 0 Å². The topological polar surface area (TPSA) is 73.6 Å². The molecule has 0 fully saturated rings. The molecule has 0 spiro atoms. The van der Waals surface area contributed by atoms with Gasteiger partial charge >= 0.3 is 0 Å². The lowest BCUT2D eigenvalue weighted by Gasteiger charge is -2.08. The molecule has 2 aromatic carbocycles. The van der Waals surface area contributed by atoms with E-state index in [9.17, 15) is 0 Å². The van der Waals surface area contributed by atoms with Crippen molar-refractivity contribution < 1.29 is 0 Å². The summed E-state index contributed by atoms with van der Waals surface area (Å²) in [5.74, 6) is 1.38. The smallest absolute Gasteiger partial charge is 0.135 e. The molecule has 106 valence electrons. The Balaban J connectivity index is 1.74. The fourth-order valence-corrected chi connectivity index (χ4v) is 1.94. The van der Waals surface area contributed by atoms with Gasteiger partial charge in [-0.2, -0.15) is 5.26 Å². The number of nitrogens with one attached hydrogen (secondary N) is 2. The number of aromatic nitrogens is 2. The Morgan fingerprint density at radius 2 is 1.36 bits per heavy atom. The number of rotatable bonds is 4. The molecule has 3 rings (SSSR count). The first-order chi connectivity index (χ1) is 10.8. The lowest BCUT2D eigenvalue weighted by atomic mass is 10.2. The Morgan fingerprint density at radius 3 is 1.95 bits per heavy atom. The van der Waals surface area contributed by atoms with Gasteiger partial charge in [-0.15, -0.1) is 0 Å². The number of nitriles is 1. The zero-order valence-electron chi connectivity index (χ0n) is 11.7. The van der Waals surface area contributed by atoms with Gasteiger partial charge in [-0.3, -0.25) is 0 Å². The van der Waals surface area contributed by atoms with Crippen LogP contribution in [-0.2, 0) is 0 Å². The summed E-state index contributed by atoms with van der Waals surface area (Å²) >= 11 is 0. The molecule has 0 atom stereocenters. The Labute approximate surface area is 128 Å². The predicted octanol–water partition coefficient (Wildman–Crippen LogP) is 3.84. The summed E-state index contributed by atoms with van der Waals surface area (Å²) in [7, 11) is 0. The van der Waals surface area contributed by atoms with E-state index in [-0.39, 0.29) is 0 Å². The molecule has 22 heavy (non-hydrogen) atoms. The van der Waals surface area contributed by atoms with Gasteiger partial charge in [0.15, 0.2) is 0 Å². The lowest BCUT2D eigenvalue weighted by Crippen LogP contribution is -1.98. The third kappa shape index (κ3) is 3.38. The van der Waals surface area contributed by atoms with E-state index in [1.54, 1.807) is 12.1 Å². The molecule has 1 heterocycles. The van der Waals surface area contributed by atoms with Crippen molar-refractivity contribution in [2.45, 2.75) is 0 Å². The maximum Gasteiger partial charge on any atom is 0.135 e. The van der Waals surface area contributed by atoms with E-state index in [0.29, 0.717) is 17.2 Å². The molecule has 1 aromatic heterocycles. The molecule has 0 bridgehead atoms. The minimum atomic E-state index is 0.625. The number of anilines is 4. The van der Waals surface area contributed by atoms with E-state index in [2.05, 4.69) is 26.7 Å². The third-order valence-corrected chi connectivity index (χ3v) is 3.00. The van der Waals surface area contributed by atoms with Gasteiger partial charge in [0.25, 0.3) is 0 Å². The number of benzene rings is 2. The molecular weight excluding hydrogens is 274 g/mol. The van der Waals surface area contributed by atoms with Gasteiger partial charge in [-0.1, -0.05) is 18.2 Å². The van der Waals surface area contributed by atoms with Crippen LogP contribution >= 0.6 is 0 Å². The molecule has 5 nitrogen and oxygen atoms in total. The summed E-state index contributed by atoms with van der Waals surface area (Å²) in [6.45, 7) is 0. The highest BCUT2D eigenvalue weighted by Crippen LogP contribution is 2.19. The second-order valence-electron chi connectivity index (χ2n) is 4.59. The molecule has 0 amide bonds. The summed E-state index contributed by atoms with van der Waals surface area (Å²) in [5, 5.41) is 15.2. The Hall–Kier alpha value is -3.39. The molecule has 5 heteroatoms. The molecule has 0 aliphatic rings. The second kappa shape index (κ2) is 6.37. The van der Waals surface area contributed by atoms with Crippen LogP contribution in [0.2, 0.25) is 0 Å². The van der Waals surface area contributed by atoms with E-state index in [1.165, 1.54) is 6.33 Å². The maximum absolute atomic E-state index is 8.80. The van der Waals surface area contributed by atoms with Crippen LogP contribution < -0.4 is 10.6 Å². The molecule has 0 radical (unpaired) electrons. The fraction of sp³-hybridized carbons (Fsp3) is 0. The molecule has 2 N–H and O–H groups in total. The first-order valence-electron chi connectivity index (χ1n) is 6.75. The monoisotopic (exact) mass is 287 g/mol. The van der Waals surface area contributed by atoms with Crippen molar-refractivity contribution in [2.75, 3.05) is 10.6 Å². The molecule has 0 aliphatic heterocycles. The molecule has 0 saturated heterocycles. The summed E-state index contributed by atoms with van der Waals surface area (Å²) in [6.07, 6.45) is 1.50. The maximum atomic E-state index is 8.80. The van der Waals surface area contributed by atoms with Gasteiger partial charge in [-0.25, -0.2) is 9.97 Å². The SMILES string of the molecule is N#Cc1ccc(Nc2cc(Nc3ccccc3)ncn2)cc1. The van der Waals surface area contributed by atoms with Crippen molar-refractivity contribution in [1.82, 2.24) is 9.97 Å². The highest BCUT2D eigenvalue weighted by molar-refractivity contribution is 5.63. The van der Waals surface area contributed by atoms with Crippen molar-refractivity contribution in [3.05, 3.63) is 72.6 Å². The van der Waals surface area contributed by atoms with Crippen LogP contribution in [0.1, 0.15) is 5.56 Å². The zero-order chi connectivity index (χ0) is 15.2. The van der Waals surface area contributed by atoms with Gasteiger partial charge < -0.3 is 10.6 Å². The number of hydrogen-bond acceptors (Lipinski definition) is 5. The number of para-hydroxylation sites is 1. The van der Waals surface area contributed by atoms with Gasteiger partial charge in [0, 0.05) is 17.4 Å². The normalized spacial score (nSPS) is 9.77. The minimum Gasteiger partial charge on any atom is -0.340 e. The van der Waals surface area contributed by atoms with Crippen LogP contribution in [0.3, 0.4) is 0 Å². The number of hydrogen-bond donors (Lipinski definition) is 2. The highest BCUT2D eigenvalue weighted by Gasteiger charge is 2.00. The first-order valence-corrected chi connectivity index (χ1v) is 6.75. The summed E-state index contributed by atoms with van der Waals surface area (Å²) in [5.41, 5.74) is 2.45. The van der Waals surface area contributed by atoms with Gasteiger partial charge in [0.05, 0.1) is 11.6 Å². The van der Waals surface area contributed by atoms with Crippen LogP contribution in [0, 0.1) is 11.3 Å². The first kappa shape index (κ1) is 13.6. The van der Waals surface area contributed by atoms with Crippen molar-refractivity contribution in [1.29, 1.82) is 5.26 Å². The average Bonchev–Trinajstić information content (AvgIpc) is 2.57. The highest BCUT2D eigenvalue weighted by atomic mass is 15.1. The predicted molar refractivity (Wildman–Crippen MR) is 86.2 cm³/mol. The van der Waals surface area contributed by atoms with Crippen LogP contribution in [-0.4, -0.2) is 9.97 Å². The van der Waals surface area contributed by atoms with Crippen LogP contribution in [0.4, 0.5) is 23.0 Å². The van der Waals surface area contributed by atoms with Crippen LogP contribution in [0.15, 0.2) is 67.0 Å². The van der Waals surface area contributed by atoms with Crippen LogP contribution in [0.5, 0.6) is 0 Å². The molecular formula is C17H13N5. The Bertz CT molecular complexity index is 791. The molecule has 3 aromatic rings. The summed E-state index contributed by atoms with van der Waals surface area (Å²) in [6, 6.07) is 20.9. The minimum absolute atomic E-state index is 0.625. The summed E-state index contributed by atoms with van der Waals surface area (Å²) in [4.78, 5) is 8.39. The van der Waals surface area contributed by atoms with E-state index in [1.807, 2.05) is 48.5 Å². The van der Waals surface area contributed by atoms with Gasteiger partial charge in [0.2, 0.25) is 0 Å². The summed E-state index contributed by atoms with van der Waals surface area (Å²) < 4.78 is 0. The molecule has 0 unspecified atom stereocenters. The molecule has 0 saturated carbocycles.